The summed E-state index contributed by atoms with van der Waals surface area (Å²) in [5.41, 5.74) is 5.88. The first-order valence-electron chi connectivity index (χ1n) is 6.49. The van der Waals surface area contributed by atoms with Crippen LogP contribution in [0.15, 0.2) is 0 Å². The summed E-state index contributed by atoms with van der Waals surface area (Å²) in [6, 6.07) is 0.301. The van der Waals surface area contributed by atoms with Crippen LogP contribution in [0.25, 0.3) is 0 Å². The number of hydrogen-bond donors (Lipinski definition) is 1. The zero-order valence-corrected chi connectivity index (χ0v) is 12.6. The molecule has 18 heavy (non-hydrogen) atoms. The Morgan fingerprint density at radius 1 is 1.11 bits per heavy atom. The van der Waals surface area contributed by atoms with Gasteiger partial charge in [0.15, 0.2) is 0 Å². The molecular formula is C13H30N2O3. The summed E-state index contributed by atoms with van der Waals surface area (Å²) in [6.45, 7) is 7.85. The fourth-order valence-electron chi connectivity index (χ4n) is 2.23. The quantitative estimate of drug-likeness (QED) is 0.595. The van der Waals surface area contributed by atoms with E-state index in [-0.39, 0.29) is 5.54 Å². The fraction of sp³-hybridized carbons (Fsp3) is 1.00. The Hall–Kier alpha value is -0.200. The highest BCUT2D eigenvalue weighted by Crippen LogP contribution is 2.21. The van der Waals surface area contributed by atoms with Gasteiger partial charge in [0.1, 0.15) is 0 Å². The van der Waals surface area contributed by atoms with Crippen LogP contribution in [0.4, 0.5) is 0 Å². The van der Waals surface area contributed by atoms with Crippen LogP contribution in [-0.2, 0) is 14.2 Å². The highest BCUT2D eigenvalue weighted by molar-refractivity contribution is 4.90. The molecule has 0 saturated carbocycles. The molecule has 0 aliphatic heterocycles. The first kappa shape index (κ1) is 17.8. The van der Waals surface area contributed by atoms with Gasteiger partial charge in [-0.25, -0.2) is 0 Å². The van der Waals surface area contributed by atoms with Crippen molar-refractivity contribution in [3.63, 3.8) is 0 Å². The predicted molar refractivity (Wildman–Crippen MR) is 73.9 cm³/mol. The number of ether oxygens (including phenoxy) is 3. The van der Waals surface area contributed by atoms with E-state index < -0.39 is 0 Å². The van der Waals surface area contributed by atoms with Crippen molar-refractivity contribution in [1.82, 2.24) is 4.90 Å². The van der Waals surface area contributed by atoms with E-state index in [1.54, 1.807) is 21.3 Å². The standard InChI is InChI=1S/C13H30N2O3/c1-12(10-18-5)15(7-9-17-4)13(2,11-14)6-8-16-3/h12H,6-11,14H2,1-5H3. The Kier molecular flexibility index (Phi) is 9.59. The molecule has 0 aromatic heterocycles. The maximum atomic E-state index is 5.98. The highest BCUT2D eigenvalue weighted by atomic mass is 16.5. The maximum absolute atomic E-state index is 5.98. The van der Waals surface area contributed by atoms with Crippen LogP contribution in [0.5, 0.6) is 0 Å². The van der Waals surface area contributed by atoms with Crippen LogP contribution < -0.4 is 5.73 Å². The van der Waals surface area contributed by atoms with Gasteiger partial charge in [-0.3, -0.25) is 4.90 Å². The lowest BCUT2D eigenvalue weighted by atomic mass is 9.94. The number of methoxy groups -OCH3 is 3. The molecule has 0 aliphatic carbocycles. The van der Waals surface area contributed by atoms with E-state index in [2.05, 4.69) is 18.7 Å². The zero-order chi connectivity index (χ0) is 14.0. The van der Waals surface area contributed by atoms with Gasteiger partial charge in [-0.05, 0) is 20.3 Å². The van der Waals surface area contributed by atoms with Crippen molar-refractivity contribution < 1.29 is 14.2 Å². The van der Waals surface area contributed by atoms with E-state index in [0.717, 1.165) is 13.0 Å². The Morgan fingerprint density at radius 2 is 1.72 bits per heavy atom. The summed E-state index contributed by atoms with van der Waals surface area (Å²) in [5.74, 6) is 0. The van der Waals surface area contributed by atoms with Crippen molar-refractivity contribution in [3.05, 3.63) is 0 Å². The zero-order valence-electron chi connectivity index (χ0n) is 12.6. The van der Waals surface area contributed by atoms with E-state index in [0.29, 0.717) is 32.4 Å². The van der Waals surface area contributed by atoms with Gasteiger partial charge < -0.3 is 19.9 Å². The first-order chi connectivity index (χ1) is 8.55. The van der Waals surface area contributed by atoms with Gasteiger partial charge >= 0.3 is 0 Å². The summed E-state index contributed by atoms with van der Waals surface area (Å²) in [4.78, 5) is 2.36. The molecule has 110 valence electrons. The van der Waals surface area contributed by atoms with Crippen molar-refractivity contribution in [3.8, 4) is 0 Å². The first-order valence-corrected chi connectivity index (χ1v) is 6.49. The fourth-order valence-corrected chi connectivity index (χ4v) is 2.23. The third kappa shape index (κ3) is 5.63. The summed E-state index contributed by atoms with van der Waals surface area (Å²) in [6.07, 6.45) is 0.901. The van der Waals surface area contributed by atoms with Gasteiger partial charge in [0.2, 0.25) is 0 Å². The van der Waals surface area contributed by atoms with E-state index >= 15 is 0 Å². The lowest BCUT2D eigenvalue weighted by Gasteiger charge is -2.44. The van der Waals surface area contributed by atoms with Crippen molar-refractivity contribution in [2.45, 2.75) is 31.8 Å². The largest absolute Gasteiger partial charge is 0.385 e. The van der Waals surface area contributed by atoms with Crippen LogP contribution in [0.2, 0.25) is 0 Å². The van der Waals surface area contributed by atoms with E-state index in [4.69, 9.17) is 19.9 Å². The summed E-state index contributed by atoms with van der Waals surface area (Å²) >= 11 is 0. The molecule has 0 spiro atoms. The van der Waals surface area contributed by atoms with Crippen LogP contribution in [0.3, 0.4) is 0 Å². The average molecular weight is 262 g/mol. The van der Waals surface area contributed by atoms with E-state index in [1.165, 1.54) is 0 Å². The monoisotopic (exact) mass is 262 g/mol. The van der Waals surface area contributed by atoms with Crippen molar-refractivity contribution in [2.75, 3.05) is 54.2 Å². The molecule has 0 radical (unpaired) electrons. The number of hydrogen-bond acceptors (Lipinski definition) is 5. The van der Waals surface area contributed by atoms with Gasteiger partial charge in [0.25, 0.3) is 0 Å². The topological polar surface area (TPSA) is 57.0 Å². The second-order valence-electron chi connectivity index (χ2n) is 4.93. The molecule has 5 nitrogen and oxygen atoms in total. The van der Waals surface area contributed by atoms with Gasteiger partial charge in [0.05, 0.1) is 13.2 Å². The minimum Gasteiger partial charge on any atom is -0.385 e. The predicted octanol–water partition coefficient (Wildman–Crippen LogP) is 0.724. The molecule has 0 heterocycles. The van der Waals surface area contributed by atoms with Crippen LogP contribution in [0.1, 0.15) is 20.3 Å². The second-order valence-corrected chi connectivity index (χ2v) is 4.93. The van der Waals surface area contributed by atoms with Crippen LogP contribution >= 0.6 is 0 Å². The normalized spacial score (nSPS) is 16.8. The molecule has 0 fully saturated rings. The van der Waals surface area contributed by atoms with Crippen molar-refractivity contribution in [2.24, 2.45) is 5.73 Å². The Labute approximate surface area is 112 Å². The van der Waals surface area contributed by atoms with Crippen molar-refractivity contribution >= 4 is 0 Å². The molecule has 0 rings (SSSR count). The van der Waals surface area contributed by atoms with E-state index in [1.807, 2.05) is 0 Å². The minimum atomic E-state index is -0.0908. The second kappa shape index (κ2) is 9.69. The third-order valence-electron chi connectivity index (χ3n) is 3.45. The molecule has 2 N–H and O–H groups in total. The molecular weight excluding hydrogens is 232 g/mol. The number of rotatable bonds is 11. The molecule has 2 unspecified atom stereocenters. The molecule has 0 aromatic rings. The lowest BCUT2D eigenvalue weighted by molar-refractivity contribution is -0.00638. The van der Waals surface area contributed by atoms with Gasteiger partial charge in [-0.15, -0.1) is 0 Å². The van der Waals surface area contributed by atoms with E-state index in [9.17, 15) is 0 Å². The van der Waals surface area contributed by atoms with Gasteiger partial charge in [0, 0.05) is 52.6 Å². The minimum absolute atomic E-state index is 0.0908. The molecule has 0 aliphatic rings. The Balaban J connectivity index is 4.74. The summed E-state index contributed by atoms with van der Waals surface area (Å²) in [7, 11) is 5.16. The Morgan fingerprint density at radius 3 is 2.17 bits per heavy atom. The van der Waals surface area contributed by atoms with Gasteiger partial charge in [-0.2, -0.15) is 0 Å². The highest BCUT2D eigenvalue weighted by Gasteiger charge is 2.33. The third-order valence-corrected chi connectivity index (χ3v) is 3.45. The molecule has 0 aromatic carbocycles. The molecule has 0 amide bonds. The molecule has 2 atom stereocenters. The molecule has 0 saturated heterocycles. The average Bonchev–Trinajstić information content (AvgIpc) is 2.37. The smallest absolute Gasteiger partial charge is 0.0615 e. The lowest BCUT2D eigenvalue weighted by Crippen LogP contribution is -2.57. The number of nitrogens with two attached hydrogens (primary N) is 1. The van der Waals surface area contributed by atoms with Gasteiger partial charge in [-0.1, -0.05) is 0 Å². The van der Waals surface area contributed by atoms with Crippen LogP contribution in [0, 0.1) is 0 Å². The maximum Gasteiger partial charge on any atom is 0.0615 e. The number of nitrogens with zero attached hydrogens (tertiary/aromatic N) is 1. The SMILES string of the molecule is COCCN(C(C)COC)C(C)(CN)CCOC. The summed E-state index contributed by atoms with van der Waals surface area (Å²) in [5, 5.41) is 0. The molecule has 0 bridgehead atoms. The van der Waals surface area contributed by atoms with Crippen molar-refractivity contribution in [1.29, 1.82) is 0 Å². The van der Waals surface area contributed by atoms with Crippen LogP contribution in [-0.4, -0.2) is 70.7 Å². The molecule has 5 heteroatoms. The summed E-state index contributed by atoms with van der Waals surface area (Å²) < 4.78 is 15.6. The Bertz CT molecular complexity index is 205.